The molecule has 0 saturated carbocycles. The molecule has 2 aromatic heterocycles. The SMILES string of the molecule is COC(=O)c1cc2c(c(-c3cc4ccccc4n3COCC[Si](C)(C)C)c1C(=O)OC)c1ccccc1n2COCC[Si](C)(C)C. The van der Waals surface area contributed by atoms with E-state index in [1.54, 1.807) is 6.07 Å². The van der Waals surface area contributed by atoms with Gasteiger partial charge in [0, 0.05) is 51.1 Å². The fraction of sp³-hybridized carbons (Fsp3) is 0.389. The van der Waals surface area contributed by atoms with Crippen LogP contribution in [0.4, 0.5) is 0 Å². The summed E-state index contributed by atoms with van der Waals surface area (Å²) in [6.45, 7) is 15.8. The summed E-state index contributed by atoms with van der Waals surface area (Å²) in [7, 11) is 0.0494. The molecule has 10 heteroatoms. The first kappa shape index (κ1) is 33.7. The van der Waals surface area contributed by atoms with E-state index in [0.717, 1.165) is 50.5 Å². The lowest BCUT2D eigenvalue weighted by Gasteiger charge is -2.19. The molecule has 0 saturated heterocycles. The van der Waals surface area contributed by atoms with E-state index in [1.807, 2.05) is 36.4 Å². The molecule has 0 atom stereocenters. The molecule has 0 N–H and O–H groups in total. The smallest absolute Gasteiger partial charge is 0.339 e. The second-order valence-electron chi connectivity index (χ2n) is 14.2. The molecule has 0 spiro atoms. The Kier molecular flexibility index (Phi) is 9.93. The van der Waals surface area contributed by atoms with Gasteiger partial charge >= 0.3 is 11.9 Å². The lowest BCUT2D eigenvalue weighted by Crippen LogP contribution is -2.22. The van der Waals surface area contributed by atoms with E-state index >= 15 is 0 Å². The number of aromatic nitrogens is 2. The van der Waals surface area contributed by atoms with E-state index in [4.69, 9.17) is 18.9 Å². The van der Waals surface area contributed by atoms with Crippen molar-refractivity contribution in [3.05, 3.63) is 71.8 Å². The summed E-state index contributed by atoms with van der Waals surface area (Å²) in [5, 5.41) is 2.78. The van der Waals surface area contributed by atoms with E-state index in [0.29, 0.717) is 25.5 Å². The molecule has 0 bridgehead atoms. The van der Waals surface area contributed by atoms with Crippen LogP contribution in [0.15, 0.2) is 60.7 Å². The number of nitrogens with zero attached hydrogens (tertiary/aromatic N) is 2. The van der Waals surface area contributed by atoms with E-state index in [2.05, 4.69) is 66.6 Å². The van der Waals surface area contributed by atoms with Crippen LogP contribution < -0.4 is 0 Å². The van der Waals surface area contributed by atoms with Crippen LogP contribution in [0, 0.1) is 0 Å². The summed E-state index contributed by atoms with van der Waals surface area (Å²) >= 11 is 0. The predicted octanol–water partition coefficient (Wildman–Crippen LogP) is 8.61. The van der Waals surface area contributed by atoms with Gasteiger partial charge in [-0.2, -0.15) is 0 Å². The average Bonchev–Trinajstić information content (AvgIpc) is 3.54. The van der Waals surface area contributed by atoms with Crippen molar-refractivity contribution in [2.75, 3.05) is 27.4 Å². The normalized spacial score (nSPS) is 12.3. The Morgan fingerprint density at radius 1 is 0.674 bits per heavy atom. The van der Waals surface area contributed by atoms with Gasteiger partial charge in [0.1, 0.15) is 13.5 Å². The number of rotatable bonds is 13. The molecular formula is C36H46N2O6Si2. The van der Waals surface area contributed by atoms with Gasteiger partial charge in [-0.05, 0) is 36.4 Å². The molecule has 0 aliphatic carbocycles. The number of carbonyl (C=O) groups is 2. The van der Waals surface area contributed by atoms with Crippen LogP contribution in [-0.4, -0.2) is 64.7 Å². The monoisotopic (exact) mass is 658 g/mol. The molecule has 0 fully saturated rings. The van der Waals surface area contributed by atoms with Crippen molar-refractivity contribution in [2.45, 2.75) is 64.8 Å². The number of hydrogen-bond acceptors (Lipinski definition) is 6. The van der Waals surface area contributed by atoms with E-state index in [9.17, 15) is 9.59 Å². The summed E-state index contributed by atoms with van der Waals surface area (Å²) in [4.78, 5) is 27.2. The van der Waals surface area contributed by atoms with Crippen LogP contribution in [0.5, 0.6) is 0 Å². The lowest BCUT2D eigenvalue weighted by atomic mass is 9.93. The Hall–Kier alpha value is -3.71. The van der Waals surface area contributed by atoms with E-state index < -0.39 is 28.1 Å². The van der Waals surface area contributed by atoms with Crippen molar-refractivity contribution >= 4 is 60.8 Å². The maximum absolute atomic E-state index is 13.7. The van der Waals surface area contributed by atoms with Gasteiger partial charge in [-0.1, -0.05) is 75.7 Å². The van der Waals surface area contributed by atoms with Crippen molar-refractivity contribution in [1.29, 1.82) is 0 Å². The van der Waals surface area contributed by atoms with Crippen molar-refractivity contribution in [3.63, 3.8) is 0 Å². The first-order valence-corrected chi connectivity index (χ1v) is 23.2. The second-order valence-corrected chi connectivity index (χ2v) is 25.5. The molecule has 244 valence electrons. The third kappa shape index (κ3) is 7.00. The summed E-state index contributed by atoms with van der Waals surface area (Å²) in [5.41, 5.74) is 4.35. The summed E-state index contributed by atoms with van der Waals surface area (Å²) < 4.78 is 27.4. The zero-order valence-corrected chi connectivity index (χ0v) is 30.4. The molecule has 46 heavy (non-hydrogen) atoms. The molecule has 0 aliphatic rings. The van der Waals surface area contributed by atoms with E-state index in [-0.39, 0.29) is 17.9 Å². The minimum atomic E-state index is -1.31. The first-order valence-electron chi connectivity index (χ1n) is 15.8. The van der Waals surface area contributed by atoms with E-state index in [1.165, 1.54) is 14.2 Å². The quantitative estimate of drug-likeness (QED) is 0.0716. The number of fused-ring (bicyclic) bond motifs is 4. The molecular weight excluding hydrogens is 613 g/mol. The van der Waals surface area contributed by atoms with Crippen LogP contribution in [-0.2, 0) is 32.4 Å². The molecule has 0 aliphatic heterocycles. The van der Waals surface area contributed by atoms with Gasteiger partial charge in [0.15, 0.2) is 0 Å². The lowest BCUT2D eigenvalue weighted by molar-refractivity contribution is 0.0556. The zero-order valence-electron chi connectivity index (χ0n) is 28.4. The second kappa shape index (κ2) is 13.6. The van der Waals surface area contributed by atoms with Gasteiger partial charge in [0.05, 0.1) is 47.6 Å². The summed E-state index contributed by atoms with van der Waals surface area (Å²) in [5.74, 6) is -1.23. The van der Waals surface area contributed by atoms with Gasteiger partial charge in [-0.25, -0.2) is 9.59 Å². The Labute approximate surface area is 273 Å². The summed E-state index contributed by atoms with van der Waals surface area (Å²) in [6, 6.07) is 22.0. The van der Waals surface area contributed by atoms with Gasteiger partial charge in [0.25, 0.3) is 0 Å². The minimum Gasteiger partial charge on any atom is -0.465 e. The molecule has 0 radical (unpaired) electrons. The topological polar surface area (TPSA) is 80.9 Å². The molecule has 2 heterocycles. The third-order valence-electron chi connectivity index (χ3n) is 8.36. The number of hydrogen-bond donors (Lipinski definition) is 0. The highest BCUT2D eigenvalue weighted by Gasteiger charge is 2.31. The predicted molar refractivity (Wildman–Crippen MR) is 191 cm³/mol. The van der Waals surface area contributed by atoms with Crippen LogP contribution in [0.25, 0.3) is 44.0 Å². The Morgan fingerprint density at radius 3 is 1.85 bits per heavy atom. The highest BCUT2D eigenvalue weighted by atomic mass is 28.3. The molecule has 5 aromatic rings. The summed E-state index contributed by atoms with van der Waals surface area (Å²) in [6.07, 6.45) is 0. The van der Waals surface area contributed by atoms with Crippen molar-refractivity contribution in [2.24, 2.45) is 0 Å². The largest absolute Gasteiger partial charge is 0.465 e. The Bertz CT molecular complexity index is 1890. The number of methoxy groups -OCH3 is 2. The van der Waals surface area contributed by atoms with Gasteiger partial charge in [0.2, 0.25) is 0 Å². The number of ether oxygens (including phenoxy) is 4. The number of carbonyl (C=O) groups excluding carboxylic acids is 2. The van der Waals surface area contributed by atoms with Gasteiger partial charge in [-0.3, -0.25) is 0 Å². The highest BCUT2D eigenvalue weighted by Crippen LogP contribution is 2.43. The van der Waals surface area contributed by atoms with Crippen LogP contribution in [0.2, 0.25) is 51.4 Å². The zero-order chi connectivity index (χ0) is 33.2. The van der Waals surface area contributed by atoms with Crippen molar-refractivity contribution in [1.82, 2.24) is 9.13 Å². The van der Waals surface area contributed by atoms with Gasteiger partial charge in [-0.15, -0.1) is 0 Å². The highest BCUT2D eigenvalue weighted by molar-refractivity contribution is 6.76. The average molecular weight is 659 g/mol. The molecule has 8 nitrogen and oxygen atoms in total. The number of para-hydroxylation sites is 2. The minimum absolute atomic E-state index is 0.138. The Balaban J connectivity index is 1.82. The maximum Gasteiger partial charge on any atom is 0.339 e. The van der Waals surface area contributed by atoms with Crippen molar-refractivity contribution in [3.8, 4) is 11.3 Å². The fourth-order valence-electron chi connectivity index (χ4n) is 5.81. The number of esters is 2. The fourth-order valence-corrected chi connectivity index (χ4v) is 7.32. The van der Waals surface area contributed by atoms with Gasteiger partial charge < -0.3 is 28.1 Å². The van der Waals surface area contributed by atoms with Crippen LogP contribution in [0.3, 0.4) is 0 Å². The first-order chi connectivity index (χ1) is 21.8. The molecule has 0 amide bonds. The van der Waals surface area contributed by atoms with Crippen molar-refractivity contribution < 1.29 is 28.5 Å². The molecule has 5 rings (SSSR count). The van der Waals surface area contributed by atoms with Crippen LogP contribution >= 0.6 is 0 Å². The Morgan fingerprint density at radius 2 is 1.24 bits per heavy atom. The third-order valence-corrected chi connectivity index (χ3v) is 11.8. The standard InChI is InChI=1S/C36H46N2O6Si2/c1-41-35(39)27-22-31-32(26-14-10-12-16-29(26)38(31)24-44-18-20-46(6,7)8)34(33(27)36(40)42-2)30-21-25-13-9-11-15-28(25)37(30)23-43-17-19-45(3,4)5/h9-16,21-22H,17-20,23-24H2,1-8H3. The van der Waals surface area contributed by atoms with Crippen LogP contribution in [0.1, 0.15) is 20.7 Å². The molecule has 0 unspecified atom stereocenters. The maximum atomic E-state index is 13.7. The molecule has 3 aromatic carbocycles. The number of benzene rings is 3.